The van der Waals surface area contributed by atoms with Gasteiger partial charge < -0.3 is 5.32 Å². The molecule has 3 heterocycles. The minimum Gasteiger partial charge on any atom is -0.346 e. The number of fused-ring (bicyclic) bond motifs is 1. The SMILES string of the molecule is Cc1cc(CNC(=O)c2cc3c(C(F)(F)F)nn(C)c3s2)n(C)n1. The molecule has 0 atom stereocenters. The van der Waals surface area contributed by atoms with Crippen LogP contribution < -0.4 is 5.32 Å². The smallest absolute Gasteiger partial charge is 0.346 e. The summed E-state index contributed by atoms with van der Waals surface area (Å²) in [5.41, 5.74) is 0.654. The van der Waals surface area contributed by atoms with Crippen molar-refractivity contribution in [3.8, 4) is 0 Å². The van der Waals surface area contributed by atoms with E-state index in [2.05, 4.69) is 15.5 Å². The van der Waals surface area contributed by atoms with E-state index >= 15 is 0 Å². The zero-order chi connectivity index (χ0) is 17.6. The van der Waals surface area contributed by atoms with E-state index in [1.54, 1.807) is 11.7 Å². The molecule has 0 unspecified atom stereocenters. The maximum absolute atomic E-state index is 13.0. The fraction of sp³-hybridized carbons (Fsp3) is 0.357. The lowest BCUT2D eigenvalue weighted by molar-refractivity contribution is -0.140. The molecule has 0 spiro atoms. The van der Waals surface area contributed by atoms with Gasteiger partial charge >= 0.3 is 6.18 Å². The van der Waals surface area contributed by atoms with Crippen LogP contribution in [-0.4, -0.2) is 25.5 Å². The zero-order valence-corrected chi connectivity index (χ0v) is 13.9. The molecule has 3 aromatic rings. The van der Waals surface area contributed by atoms with Crippen molar-refractivity contribution in [2.24, 2.45) is 14.1 Å². The van der Waals surface area contributed by atoms with Crippen molar-refractivity contribution in [2.45, 2.75) is 19.6 Å². The van der Waals surface area contributed by atoms with Gasteiger partial charge in [-0.05, 0) is 19.1 Å². The summed E-state index contributed by atoms with van der Waals surface area (Å²) >= 11 is 0.979. The molecule has 24 heavy (non-hydrogen) atoms. The minimum atomic E-state index is -4.55. The van der Waals surface area contributed by atoms with Crippen LogP contribution in [0.2, 0.25) is 0 Å². The lowest BCUT2D eigenvalue weighted by atomic mass is 10.2. The number of amides is 1. The number of aromatic nitrogens is 4. The second-order valence-electron chi connectivity index (χ2n) is 5.38. The number of nitrogens with zero attached hydrogens (tertiary/aromatic N) is 4. The van der Waals surface area contributed by atoms with E-state index in [-0.39, 0.29) is 16.8 Å². The molecule has 0 aromatic carbocycles. The number of hydrogen-bond acceptors (Lipinski definition) is 4. The number of halogens is 3. The van der Waals surface area contributed by atoms with Crippen molar-refractivity contribution in [3.05, 3.63) is 34.1 Å². The van der Waals surface area contributed by atoms with E-state index in [1.165, 1.54) is 13.1 Å². The van der Waals surface area contributed by atoms with Crippen LogP contribution in [0, 0.1) is 6.92 Å². The number of aryl methyl sites for hydroxylation is 3. The normalized spacial score (nSPS) is 12.1. The van der Waals surface area contributed by atoms with E-state index in [9.17, 15) is 18.0 Å². The fourth-order valence-electron chi connectivity index (χ4n) is 2.45. The molecule has 0 bridgehead atoms. The maximum atomic E-state index is 13.0. The summed E-state index contributed by atoms with van der Waals surface area (Å²) in [5, 5.41) is 10.3. The number of hydrogen-bond donors (Lipinski definition) is 1. The van der Waals surface area contributed by atoms with Crippen LogP contribution in [0.3, 0.4) is 0 Å². The molecule has 0 fully saturated rings. The van der Waals surface area contributed by atoms with Gasteiger partial charge in [-0.25, -0.2) is 0 Å². The van der Waals surface area contributed by atoms with Gasteiger partial charge in [0, 0.05) is 19.5 Å². The largest absolute Gasteiger partial charge is 0.435 e. The molecule has 3 aromatic heterocycles. The van der Waals surface area contributed by atoms with Gasteiger partial charge in [0.05, 0.1) is 22.8 Å². The van der Waals surface area contributed by atoms with Gasteiger partial charge in [0.1, 0.15) is 4.83 Å². The lowest BCUT2D eigenvalue weighted by Crippen LogP contribution is -2.23. The molecule has 1 amide bonds. The Morgan fingerprint density at radius 3 is 2.54 bits per heavy atom. The molecule has 0 radical (unpaired) electrons. The van der Waals surface area contributed by atoms with Crippen molar-refractivity contribution in [3.63, 3.8) is 0 Å². The van der Waals surface area contributed by atoms with Gasteiger partial charge in [-0.2, -0.15) is 23.4 Å². The van der Waals surface area contributed by atoms with Crippen LogP contribution in [-0.2, 0) is 26.8 Å². The Morgan fingerprint density at radius 1 is 1.25 bits per heavy atom. The Kier molecular flexibility index (Phi) is 3.86. The van der Waals surface area contributed by atoms with Gasteiger partial charge in [0.25, 0.3) is 5.91 Å². The summed E-state index contributed by atoms with van der Waals surface area (Å²) in [5.74, 6) is -0.428. The third-order valence-electron chi connectivity index (χ3n) is 3.53. The van der Waals surface area contributed by atoms with E-state index in [4.69, 9.17) is 0 Å². The first kappa shape index (κ1) is 16.5. The van der Waals surface area contributed by atoms with E-state index in [0.29, 0.717) is 4.83 Å². The third kappa shape index (κ3) is 2.88. The van der Waals surface area contributed by atoms with Crippen LogP contribution in [0.15, 0.2) is 12.1 Å². The molecule has 6 nitrogen and oxygen atoms in total. The molecule has 10 heteroatoms. The summed E-state index contributed by atoms with van der Waals surface area (Å²) in [4.78, 5) is 12.8. The summed E-state index contributed by atoms with van der Waals surface area (Å²) in [6, 6.07) is 3.07. The molecule has 0 aliphatic rings. The Morgan fingerprint density at radius 2 is 1.96 bits per heavy atom. The molecular weight excluding hydrogens is 343 g/mol. The quantitative estimate of drug-likeness (QED) is 0.784. The van der Waals surface area contributed by atoms with Crippen molar-refractivity contribution in [2.75, 3.05) is 0 Å². The Labute approximate surface area is 138 Å². The predicted octanol–water partition coefficient (Wildman–Crippen LogP) is 2.63. The number of thiophene rings is 1. The average molecular weight is 357 g/mol. The Hall–Kier alpha value is -2.36. The van der Waals surface area contributed by atoms with Gasteiger partial charge in [0.2, 0.25) is 0 Å². The van der Waals surface area contributed by atoms with E-state index < -0.39 is 17.8 Å². The van der Waals surface area contributed by atoms with Gasteiger partial charge in [-0.3, -0.25) is 14.2 Å². The minimum absolute atomic E-state index is 0.0588. The topological polar surface area (TPSA) is 64.7 Å². The standard InChI is InChI=1S/C14H14F3N5OS/c1-7-4-8(21(2)19-7)6-18-12(23)10-5-9-11(14(15,16)17)20-22(3)13(9)24-10/h4-5H,6H2,1-3H3,(H,18,23). The van der Waals surface area contributed by atoms with Crippen LogP contribution in [0.4, 0.5) is 13.2 Å². The first-order valence-corrected chi connectivity index (χ1v) is 7.80. The van der Waals surface area contributed by atoms with Gasteiger partial charge in [-0.1, -0.05) is 0 Å². The summed E-state index contributed by atoms with van der Waals surface area (Å²) in [6.07, 6.45) is -4.55. The van der Waals surface area contributed by atoms with Gasteiger partial charge in [-0.15, -0.1) is 11.3 Å². The molecule has 0 aliphatic heterocycles. The van der Waals surface area contributed by atoms with Crippen LogP contribution in [0.1, 0.15) is 26.8 Å². The van der Waals surface area contributed by atoms with E-state index in [0.717, 1.165) is 27.4 Å². The van der Waals surface area contributed by atoms with Crippen molar-refractivity contribution < 1.29 is 18.0 Å². The first-order valence-electron chi connectivity index (χ1n) is 6.98. The number of carbonyl (C=O) groups is 1. The molecule has 128 valence electrons. The summed E-state index contributed by atoms with van der Waals surface area (Å²) in [6.45, 7) is 2.08. The third-order valence-corrected chi connectivity index (χ3v) is 4.73. The number of rotatable bonds is 3. The average Bonchev–Trinajstić information content (AvgIpc) is 3.11. The number of carbonyl (C=O) groups excluding carboxylic acids is 1. The van der Waals surface area contributed by atoms with Crippen molar-refractivity contribution in [1.29, 1.82) is 0 Å². The highest BCUT2D eigenvalue weighted by Crippen LogP contribution is 2.37. The Balaban J connectivity index is 1.84. The van der Waals surface area contributed by atoms with Crippen molar-refractivity contribution >= 4 is 27.5 Å². The van der Waals surface area contributed by atoms with Crippen molar-refractivity contribution in [1.82, 2.24) is 24.9 Å². The molecule has 0 aliphatic carbocycles. The van der Waals surface area contributed by atoms with Crippen LogP contribution in [0.25, 0.3) is 10.2 Å². The van der Waals surface area contributed by atoms with E-state index in [1.807, 2.05) is 13.0 Å². The molecular formula is C14H14F3N5OS. The summed E-state index contributed by atoms with van der Waals surface area (Å²) < 4.78 is 41.7. The van der Waals surface area contributed by atoms with Gasteiger partial charge in [0.15, 0.2) is 5.69 Å². The highest BCUT2D eigenvalue weighted by atomic mass is 32.1. The number of nitrogens with one attached hydrogen (secondary N) is 1. The second kappa shape index (κ2) is 5.62. The molecule has 0 saturated carbocycles. The molecule has 3 rings (SSSR count). The fourth-order valence-corrected chi connectivity index (χ4v) is 3.44. The van der Waals surface area contributed by atoms with Crippen LogP contribution in [0.5, 0.6) is 0 Å². The summed E-state index contributed by atoms with van der Waals surface area (Å²) in [7, 11) is 3.18. The number of alkyl halides is 3. The predicted molar refractivity (Wildman–Crippen MR) is 82.7 cm³/mol. The zero-order valence-electron chi connectivity index (χ0n) is 13.1. The monoisotopic (exact) mass is 357 g/mol. The lowest BCUT2D eigenvalue weighted by Gasteiger charge is -2.04. The first-order chi connectivity index (χ1) is 11.2. The highest BCUT2D eigenvalue weighted by molar-refractivity contribution is 7.20. The van der Waals surface area contributed by atoms with Crippen LogP contribution >= 0.6 is 11.3 Å². The second-order valence-corrected chi connectivity index (χ2v) is 6.41. The highest BCUT2D eigenvalue weighted by Gasteiger charge is 2.37. The molecule has 1 N–H and O–H groups in total. The molecule has 0 saturated heterocycles. The maximum Gasteiger partial charge on any atom is 0.435 e. The Bertz CT molecular complexity index is 921.